The molecule has 1 atom stereocenters. The molecule has 1 unspecified atom stereocenters. The number of likely N-dealkylation sites (tertiary alicyclic amines) is 1. The summed E-state index contributed by atoms with van der Waals surface area (Å²) in [4.78, 5) is 25.7. The number of hydrogen-bond donors (Lipinski definition) is 1. The second-order valence-corrected chi connectivity index (χ2v) is 6.53. The summed E-state index contributed by atoms with van der Waals surface area (Å²) in [5.74, 6) is 0.261. The first-order valence-electron chi connectivity index (χ1n) is 8.82. The summed E-state index contributed by atoms with van der Waals surface area (Å²) in [6.07, 6.45) is 1.68. The number of hydrogen-bond acceptors (Lipinski definition) is 3. The van der Waals surface area contributed by atoms with E-state index in [1.54, 1.807) is 31.4 Å². The molecule has 1 saturated heterocycles. The quantitative estimate of drug-likeness (QED) is 0.865. The van der Waals surface area contributed by atoms with Gasteiger partial charge >= 0.3 is 5.97 Å². The minimum atomic E-state index is -0.953. The molecule has 0 aliphatic carbocycles. The minimum absolute atomic E-state index is 0.0718. The van der Waals surface area contributed by atoms with Gasteiger partial charge in [0.05, 0.1) is 12.7 Å². The highest BCUT2D eigenvalue weighted by molar-refractivity contribution is 5.89. The van der Waals surface area contributed by atoms with Crippen molar-refractivity contribution >= 4 is 11.9 Å². The maximum atomic E-state index is 12.6. The number of nitrogens with zero attached hydrogens (tertiary/aromatic N) is 1. The third-order valence-corrected chi connectivity index (χ3v) is 4.98. The number of ether oxygens (including phenoxy) is 1. The molecule has 2 aromatic carbocycles. The molecule has 1 heterocycles. The summed E-state index contributed by atoms with van der Waals surface area (Å²) in [5.41, 5.74) is 2.11. The van der Waals surface area contributed by atoms with Crippen molar-refractivity contribution in [3.63, 3.8) is 0 Å². The molecule has 0 spiro atoms. The van der Waals surface area contributed by atoms with E-state index >= 15 is 0 Å². The molecule has 1 aliphatic heterocycles. The smallest absolute Gasteiger partial charge is 0.335 e. The van der Waals surface area contributed by atoms with E-state index in [9.17, 15) is 14.7 Å². The largest absolute Gasteiger partial charge is 0.496 e. The van der Waals surface area contributed by atoms with Crippen LogP contribution in [0.2, 0.25) is 0 Å². The number of rotatable bonds is 6. The molecule has 1 fully saturated rings. The summed E-state index contributed by atoms with van der Waals surface area (Å²) in [7, 11) is 1.66. The number of benzene rings is 2. The van der Waals surface area contributed by atoms with E-state index in [-0.39, 0.29) is 17.4 Å². The zero-order chi connectivity index (χ0) is 18.5. The third-order valence-electron chi connectivity index (χ3n) is 4.98. The number of amides is 1. The lowest BCUT2D eigenvalue weighted by atomic mass is 9.97. The lowest BCUT2D eigenvalue weighted by molar-refractivity contribution is -0.130. The summed E-state index contributed by atoms with van der Waals surface area (Å²) in [6.45, 7) is 1.40. The van der Waals surface area contributed by atoms with Gasteiger partial charge in [-0.15, -0.1) is 0 Å². The number of aryl methyl sites for hydroxylation is 1. The topological polar surface area (TPSA) is 66.8 Å². The maximum absolute atomic E-state index is 12.6. The Bertz CT molecular complexity index is 802. The second-order valence-electron chi connectivity index (χ2n) is 6.53. The van der Waals surface area contributed by atoms with Gasteiger partial charge in [0.1, 0.15) is 5.75 Å². The van der Waals surface area contributed by atoms with Gasteiger partial charge in [0, 0.05) is 25.4 Å². The van der Waals surface area contributed by atoms with Crippen LogP contribution in [0.15, 0.2) is 48.5 Å². The molecule has 1 aliphatic rings. The number of carboxylic acids is 1. The van der Waals surface area contributed by atoms with Crippen molar-refractivity contribution in [2.24, 2.45) is 0 Å². The van der Waals surface area contributed by atoms with E-state index in [4.69, 9.17) is 4.74 Å². The van der Waals surface area contributed by atoms with Crippen LogP contribution in [0.1, 0.15) is 40.2 Å². The average Bonchev–Trinajstić information content (AvgIpc) is 3.16. The fourth-order valence-electron chi connectivity index (χ4n) is 3.59. The standard InChI is InChI=1S/C21H23NO4/c1-26-19-9-5-4-7-17(19)16-12-13-22(14-16)20(23)11-10-15-6-2-3-8-18(15)21(24)25/h2-9,16H,10-14H2,1H3,(H,24,25). The molecule has 3 rings (SSSR count). The monoisotopic (exact) mass is 353 g/mol. The van der Waals surface area contributed by atoms with Crippen LogP contribution < -0.4 is 4.74 Å². The van der Waals surface area contributed by atoms with Crippen molar-refractivity contribution < 1.29 is 19.4 Å². The first kappa shape index (κ1) is 18.0. The van der Waals surface area contributed by atoms with Crippen LogP contribution in [-0.4, -0.2) is 42.1 Å². The molecule has 0 radical (unpaired) electrons. The summed E-state index contributed by atoms with van der Waals surface area (Å²) in [5, 5.41) is 9.25. The van der Waals surface area contributed by atoms with E-state index in [2.05, 4.69) is 6.07 Å². The SMILES string of the molecule is COc1ccccc1C1CCN(C(=O)CCc2ccccc2C(=O)O)C1. The van der Waals surface area contributed by atoms with Crippen LogP contribution >= 0.6 is 0 Å². The van der Waals surface area contributed by atoms with Crippen molar-refractivity contribution in [1.82, 2.24) is 4.90 Å². The minimum Gasteiger partial charge on any atom is -0.496 e. The van der Waals surface area contributed by atoms with Gasteiger partial charge in [0.2, 0.25) is 5.91 Å². The van der Waals surface area contributed by atoms with Crippen molar-refractivity contribution in [1.29, 1.82) is 0 Å². The molecule has 0 saturated carbocycles. The summed E-state index contributed by atoms with van der Waals surface area (Å²) >= 11 is 0. The van der Waals surface area contributed by atoms with Gasteiger partial charge in [0.25, 0.3) is 0 Å². The van der Waals surface area contributed by atoms with Gasteiger partial charge in [-0.25, -0.2) is 4.79 Å². The van der Waals surface area contributed by atoms with Gasteiger partial charge in [-0.2, -0.15) is 0 Å². The predicted molar refractivity (Wildman–Crippen MR) is 98.7 cm³/mol. The second kappa shape index (κ2) is 8.04. The van der Waals surface area contributed by atoms with Crippen LogP contribution in [0.3, 0.4) is 0 Å². The molecule has 0 bridgehead atoms. The number of aromatic carboxylic acids is 1. The van der Waals surface area contributed by atoms with Crippen LogP contribution in [0.4, 0.5) is 0 Å². The summed E-state index contributed by atoms with van der Waals surface area (Å²) in [6, 6.07) is 14.8. The molecule has 2 aromatic rings. The highest BCUT2D eigenvalue weighted by Crippen LogP contribution is 2.33. The Kier molecular flexibility index (Phi) is 5.56. The fraction of sp³-hybridized carbons (Fsp3) is 0.333. The normalized spacial score (nSPS) is 16.5. The molecule has 136 valence electrons. The Balaban J connectivity index is 1.61. The van der Waals surface area contributed by atoms with E-state index in [0.29, 0.717) is 24.9 Å². The van der Waals surface area contributed by atoms with Crippen LogP contribution in [0.25, 0.3) is 0 Å². The van der Waals surface area contributed by atoms with Crippen molar-refractivity contribution in [3.8, 4) is 5.75 Å². The lowest BCUT2D eigenvalue weighted by Crippen LogP contribution is -2.28. The Morgan fingerprint density at radius 1 is 1.15 bits per heavy atom. The highest BCUT2D eigenvalue weighted by atomic mass is 16.5. The molecule has 1 N–H and O–H groups in total. The van der Waals surface area contributed by atoms with Crippen molar-refractivity contribution in [2.75, 3.05) is 20.2 Å². The van der Waals surface area contributed by atoms with Crippen molar-refractivity contribution in [3.05, 3.63) is 65.2 Å². The molecular weight excluding hydrogens is 330 g/mol. The predicted octanol–water partition coefficient (Wildman–Crippen LogP) is 3.34. The average molecular weight is 353 g/mol. The van der Waals surface area contributed by atoms with E-state index < -0.39 is 5.97 Å². The van der Waals surface area contributed by atoms with Crippen LogP contribution in [0.5, 0.6) is 5.75 Å². The Labute approximate surface area is 153 Å². The Morgan fingerprint density at radius 3 is 2.65 bits per heavy atom. The Hall–Kier alpha value is -2.82. The first-order valence-corrected chi connectivity index (χ1v) is 8.82. The zero-order valence-electron chi connectivity index (χ0n) is 14.9. The number of carboxylic acid groups (broad SMARTS) is 1. The molecule has 26 heavy (non-hydrogen) atoms. The third kappa shape index (κ3) is 3.87. The number of carbonyl (C=O) groups is 2. The molecule has 5 heteroatoms. The van der Waals surface area contributed by atoms with Crippen molar-refractivity contribution in [2.45, 2.75) is 25.2 Å². The van der Waals surface area contributed by atoms with E-state index in [1.807, 2.05) is 23.1 Å². The van der Waals surface area contributed by atoms with Crippen LogP contribution in [-0.2, 0) is 11.2 Å². The lowest BCUT2D eigenvalue weighted by Gasteiger charge is -2.18. The zero-order valence-corrected chi connectivity index (χ0v) is 14.9. The number of carbonyl (C=O) groups excluding carboxylic acids is 1. The fourth-order valence-corrected chi connectivity index (χ4v) is 3.59. The molecule has 0 aromatic heterocycles. The number of methoxy groups -OCH3 is 1. The van der Waals surface area contributed by atoms with Crippen LogP contribution in [0, 0.1) is 0 Å². The molecule has 1 amide bonds. The maximum Gasteiger partial charge on any atom is 0.335 e. The molecular formula is C21H23NO4. The highest BCUT2D eigenvalue weighted by Gasteiger charge is 2.28. The number of para-hydroxylation sites is 1. The van der Waals surface area contributed by atoms with Gasteiger partial charge in [-0.05, 0) is 36.1 Å². The van der Waals surface area contributed by atoms with E-state index in [0.717, 1.165) is 24.3 Å². The summed E-state index contributed by atoms with van der Waals surface area (Å²) < 4.78 is 5.44. The van der Waals surface area contributed by atoms with Gasteiger partial charge in [-0.3, -0.25) is 4.79 Å². The Morgan fingerprint density at radius 2 is 1.88 bits per heavy atom. The molecule has 5 nitrogen and oxygen atoms in total. The van der Waals surface area contributed by atoms with Gasteiger partial charge < -0.3 is 14.7 Å². The van der Waals surface area contributed by atoms with E-state index in [1.165, 1.54) is 0 Å². The van der Waals surface area contributed by atoms with Gasteiger partial charge in [-0.1, -0.05) is 36.4 Å². The first-order chi connectivity index (χ1) is 12.6. The van der Waals surface area contributed by atoms with Gasteiger partial charge in [0.15, 0.2) is 0 Å².